The number of carbonyl (C=O) groups is 3. The van der Waals surface area contributed by atoms with E-state index in [-0.39, 0.29) is 12.1 Å². The van der Waals surface area contributed by atoms with Crippen LogP contribution < -0.4 is 9.47 Å². The molecule has 29 heavy (non-hydrogen) atoms. The van der Waals surface area contributed by atoms with Crippen molar-refractivity contribution in [3.8, 4) is 11.5 Å². The molecule has 0 spiro atoms. The van der Waals surface area contributed by atoms with Crippen LogP contribution in [0.2, 0.25) is 0 Å². The normalized spacial score (nSPS) is 11.5. The van der Waals surface area contributed by atoms with E-state index < -0.39 is 23.8 Å². The Kier molecular flexibility index (Phi) is 7.03. The number of benzene rings is 1. The quantitative estimate of drug-likeness (QED) is 0.534. The molecule has 1 heterocycles. The van der Waals surface area contributed by atoms with Gasteiger partial charge in [-0.05, 0) is 44.0 Å². The summed E-state index contributed by atoms with van der Waals surface area (Å²) in [5.74, 6) is -0.482. The van der Waals surface area contributed by atoms with Crippen molar-refractivity contribution < 1.29 is 33.3 Å². The van der Waals surface area contributed by atoms with Gasteiger partial charge >= 0.3 is 11.9 Å². The van der Waals surface area contributed by atoms with Gasteiger partial charge in [0, 0.05) is 5.69 Å². The Morgan fingerprint density at radius 1 is 1.03 bits per heavy atom. The van der Waals surface area contributed by atoms with E-state index in [0.717, 1.165) is 0 Å². The van der Waals surface area contributed by atoms with E-state index in [1.807, 2.05) is 0 Å². The molecule has 1 N–H and O–H groups in total. The molecule has 1 aromatic carbocycles. The molecule has 0 aliphatic heterocycles. The van der Waals surface area contributed by atoms with Crippen LogP contribution >= 0.6 is 0 Å². The van der Waals surface area contributed by atoms with Crippen LogP contribution in [-0.4, -0.2) is 50.1 Å². The standard InChI is InChI=1S/C21H25NO7/c1-11-18(21(25)28-6)12(2)22-19(11)20(24)13(3)29-17(23)10-14-7-8-15(26-4)16(9-14)27-5/h7-9,13,22H,10H2,1-6H3/t13-/m1/s1. The second kappa shape index (κ2) is 9.27. The third kappa shape index (κ3) is 4.77. The number of H-pyrrole nitrogens is 1. The minimum Gasteiger partial charge on any atom is -0.493 e. The molecule has 0 aliphatic rings. The van der Waals surface area contributed by atoms with Gasteiger partial charge in [0.05, 0.1) is 39.0 Å². The van der Waals surface area contributed by atoms with Gasteiger partial charge in [-0.25, -0.2) is 4.79 Å². The van der Waals surface area contributed by atoms with Crippen LogP contribution in [0.1, 0.15) is 44.6 Å². The van der Waals surface area contributed by atoms with Gasteiger partial charge in [0.15, 0.2) is 17.6 Å². The van der Waals surface area contributed by atoms with Crippen LogP contribution in [0.3, 0.4) is 0 Å². The van der Waals surface area contributed by atoms with E-state index in [0.29, 0.717) is 33.9 Å². The minimum atomic E-state index is -1.02. The van der Waals surface area contributed by atoms with Gasteiger partial charge in [0.2, 0.25) is 5.78 Å². The van der Waals surface area contributed by atoms with Gasteiger partial charge in [-0.1, -0.05) is 6.07 Å². The van der Waals surface area contributed by atoms with Gasteiger partial charge in [-0.2, -0.15) is 0 Å². The molecular formula is C21H25NO7. The van der Waals surface area contributed by atoms with Crippen molar-refractivity contribution in [3.63, 3.8) is 0 Å². The Morgan fingerprint density at radius 3 is 2.28 bits per heavy atom. The Balaban J connectivity index is 2.10. The van der Waals surface area contributed by atoms with E-state index in [9.17, 15) is 14.4 Å². The number of aromatic amines is 1. The number of rotatable bonds is 8. The first-order valence-corrected chi connectivity index (χ1v) is 8.95. The van der Waals surface area contributed by atoms with Crippen LogP contribution in [0.4, 0.5) is 0 Å². The molecule has 0 fully saturated rings. The van der Waals surface area contributed by atoms with Gasteiger partial charge in [0.1, 0.15) is 0 Å². The second-order valence-corrected chi connectivity index (χ2v) is 6.48. The van der Waals surface area contributed by atoms with Crippen molar-refractivity contribution in [2.24, 2.45) is 0 Å². The fourth-order valence-electron chi connectivity index (χ4n) is 3.06. The summed E-state index contributed by atoms with van der Waals surface area (Å²) in [6, 6.07) is 5.08. The minimum absolute atomic E-state index is 0.0336. The third-order valence-electron chi connectivity index (χ3n) is 4.55. The lowest BCUT2D eigenvalue weighted by molar-refractivity contribution is -0.145. The van der Waals surface area contributed by atoms with Crippen LogP contribution in [-0.2, 0) is 20.7 Å². The summed E-state index contributed by atoms with van der Waals surface area (Å²) in [6.07, 6.45) is -1.06. The summed E-state index contributed by atoms with van der Waals surface area (Å²) in [4.78, 5) is 39.8. The highest BCUT2D eigenvalue weighted by molar-refractivity contribution is 6.04. The van der Waals surface area contributed by atoms with Gasteiger partial charge in [0.25, 0.3) is 0 Å². The Morgan fingerprint density at radius 2 is 1.69 bits per heavy atom. The van der Waals surface area contributed by atoms with E-state index >= 15 is 0 Å². The molecule has 156 valence electrons. The summed E-state index contributed by atoms with van der Waals surface area (Å²) >= 11 is 0. The number of carbonyl (C=O) groups excluding carboxylic acids is 3. The molecule has 8 heteroatoms. The predicted octanol–water partition coefficient (Wildman–Crippen LogP) is 2.79. The summed E-state index contributed by atoms with van der Waals surface area (Å²) < 4.78 is 20.4. The molecule has 0 amide bonds. The zero-order chi connectivity index (χ0) is 21.7. The first-order chi connectivity index (χ1) is 13.7. The topological polar surface area (TPSA) is 104 Å². The van der Waals surface area contributed by atoms with E-state index in [1.54, 1.807) is 32.0 Å². The zero-order valence-electron chi connectivity index (χ0n) is 17.4. The number of methoxy groups -OCH3 is 3. The molecule has 2 aromatic rings. The Bertz CT molecular complexity index is 929. The maximum absolute atomic E-state index is 12.7. The Hall–Kier alpha value is -3.29. The summed E-state index contributed by atoms with van der Waals surface area (Å²) in [5.41, 5.74) is 2.16. The summed E-state index contributed by atoms with van der Waals surface area (Å²) in [7, 11) is 4.30. The van der Waals surface area contributed by atoms with Crippen LogP contribution in [0, 0.1) is 13.8 Å². The largest absolute Gasteiger partial charge is 0.493 e. The lowest BCUT2D eigenvalue weighted by atomic mass is 10.1. The number of hydrogen-bond donors (Lipinski definition) is 1. The highest BCUT2D eigenvalue weighted by atomic mass is 16.5. The molecule has 1 atom stereocenters. The van der Waals surface area contributed by atoms with Crippen molar-refractivity contribution in [3.05, 3.63) is 46.3 Å². The first kappa shape index (κ1) is 22.0. The highest BCUT2D eigenvalue weighted by Gasteiger charge is 2.27. The molecule has 1 aromatic heterocycles. The number of aromatic nitrogens is 1. The molecular weight excluding hydrogens is 378 g/mol. The van der Waals surface area contributed by atoms with Gasteiger partial charge < -0.3 is 23.9 Å². The number of hydrogen-bond acceptors (Lipinski definition) is 7. The number of esters is 2. The molecule has 0 radical (unpaired) electrons. The van der Waals surface area contributed by atoms with Crippen LogP contribution in [0.15, 0.2) is 18.2 Å². The molecule has 0 saturated carbocycles. The first-order valence-electron chi connectivity index (χ1n) is 8.95. The average Bonchev–Trinajstić information content (AvgIpc) is 3.00. The molecule has 0 bridgehead atoms. The monoisotopic (exact) mass is 403 g/mol. The summed E-state index contributed by atoms with van der Waals surface area (Å²) in [5, 5.41) is 0. The van der Waals surface area contributed by atoms with Crippen molar-refractivity contribution in [2.45, 2.75) is 33.3 Å². The third-order valence-corrected chi connectivity index (χ3v) is 4.55. The van der Waals surface area contributed by atoms with Crippen LogP contribution in [0.25, 0.3) is 0 Å². The number of Topliss-reactive ketones (excluding diaryl/α,β-unsaturated/α-hetero) is 1. The van der Waals surface area contributed by atoms with Crippen molar-refractivity contribution in [1.29, 1.82) is 0 Å². The molecule has 8 nitrogen and oxygen atoms in total. The molecule has 0 aliphatic carbocycles. The molecule has 0 unspecified atom stereocenters. The Labute approximate surface area is 169 Å². The maximum Gasteiger partial charge on any atom is 0.339 e. The lowest BCUT2D eigenvalue weighted by Gasteiger charge is -2.13. The smallest absolute Gasteiger partial charge is 0.339 e. The SMILES string of the molecule is COC(=O)c1c(C)[nH]c(C(=O)[C@@H](C)OC(=O)Cc2ccc(OC)c(OC)c2)c1C. The van der Waals surface area contributed by atoms with Crippen molar-refractivity contribution >= 4 is 17.7 Å². The maximum atomic E-state index is 12.7. The van der Waals surface area contributed by atoms with E-state index in [4.69, 9.17) is 18.9 Å². The predicted molar refractivity (Wildman–Crippen MR) is 105 cm³/mol. The van der Waals surface area contributed by atoms with Crippen molar-refractivity contribution in [2.75, 3.05) is 21.3 Å². The summed E-state index contributed by atoms with van der Waals surface area (Å²) in [6.45, 7) is 4.80. The number of ketones is 1. The zero-order valence-corrected chi connectivity index (χ0v) is 17.4. The van der Waals surface area contributed by atoms with Crippen LogP contribution in [0.5, 0.6) is 11.5 Å². The number of aryl methyl sites for hydroxylation is 1. The fraction of sp³-hybridized carbons (Fsp3) is 0.381. The number of nitrogens with one attached hydrogen (secondary N) is 1. The van der Waals surface area contributed by atoms with Gasteiger partial charge in [-0.3, -0.25) is 9.59 Å². The second-order valence-electron chi connectivity index (χ2n) is 6.48. The van der Waals surface area contributed by atoms with Crippen molar-refractivity contribution in [1.82, 2.24) is 4.98 Å². The highest BCUT2D eigenvalue weighted by Crippen LogP contribution is 2.28. The van der Waals surface area contributed by atoms with E-state index in [2.05, 4.69) is 4.98 Å². The van der Waals surface area contributed by atoms with E-state index in [1.165, 1.54) is 28.3 Å². The number of ether oxygens (including phenoxy) is 4. The molecule has 2 rings (SSSR count). The fourth-order valence-corrected chi connectivity index (χ4v) is 3.06. The van der Waals surface area contributed by atoms with Gasteiger partial charge in [-0.15, -0.1) is 0 Å². The lowest BCUT2D eigenvalue weighted by Crippen LogP contribution is -2.26. The molecule has 0 saturated heterocycles. The average molecular weight is 403 g/mol.